The summed E-state index contributed by atoms with van der Waals surface area (Å²) >= 11 is 0. The molecule has 4 aliphatic rings. The summed E-state index contributed by atoms with van der Waals surface area (Å²) in [5.41, 5.74) is 1.51. The number of urea groups is 1. The van der Waals surface area contributed by atoms with E-state index in [1.807, 2.05) is 33.8 Å². The summed E-state index contributed by atoms with van der Waals surface area (Å²) in [7, 11) is 0. The van der Waals surface area contributed by atoms with E-state index < -0.39 is 0 Å². The lowest BCUT2D eigenvalue weighted by atomic mass is 9.47. The largest absolute Gasteiger partial charge is 0.335 e. The second kappa shape index (κ2) is 8.29. The van der Waals surface area contributed by atoms with Crippen molar-refractivity contribution in [1.29, 1.82) is 0 Å². The van der Waals surface area contributed by atoms with Gasteiger partial charge in [-0.2, -0.15) is 0 Å². The molecule has 1 N–H and O–H groups in total. The quantitative estimate of drug-likeness (QED) is 0.628. The SMILES string of the molecule is CC(C)NC(=O)N(C(=O)[C@H]1CC[C@H]2[C@@H]3CCC4=CC(=O)CC[C@]4(C)[C@H]3CC[C@]12C)C(C)C. The van der Waals surface area contributed by atoms with E-state index in [1.54, 1.807) is 0 Å². The van der Waals surface area contributed by atoms with Crippen molar-refractivity contribution in [3.05, 3.63) is 11.6 Å². The minimum Gasteiger partial charge on any atom is -0.335 e. The highest BCUT2D eigenvalue weighted by atomic mass is 16.2. The van der Waals surface area contributed by atoms with E-state index in [1.165, 1.54) is 10.5 Å². The molecule has 0 bridgehead atoms. The van der Waals surface area contributed by atoms with Crippen molar-refractivity contribution in [1.82, 2.24) is 10.2 Å². The van der Waals surface area contributed by atoms with Gasteiger partial charge in [0, 0.05) is 24.4 Å². The number of nitrogens with one attached hydrogen (secondary N) is 1. The van der Waals surface area contributed by atoms with Crippen LogP contribution in [0.1, 0.15) is 92.9 Å². The lowest BCUT2D eigenvalue weighted by molar-refractivity contribution is -0.141. The number of nitrogens with zero attached hydrogens (tertiary/aromatic N) is 1. The van der Waals surface area contributed by atoms with Crippen molar-refractivity contribution in [3.8, 4) is 0 Å². The van der Waals surface area contributed by atoms with Gasteiger partial charge in [0.05, 0.1) is 0 Å². The van der Waals surface area contributed by atoms with Gasteiger partial charge in [-0.05, 0) is 107 Å². The van der Waals surface area contributed by atoms with Gasteiger partial charge in [-0.15, -0.1) is 0 Å². The fourth-order valence-electron chi connectivity index (χ4n) is 8.04. The monoisotopic (exact) mass is 442 g/mol. The summed E-state index contributed by atoms with van der Waals surface area (Å²) in [6.07, 6.45) is 9.95. The summed E-state index contributed by atoms with van der Waals surface area (Å²) < 4.78 is 0. The predicted molar refractivity (Wildman–Crippen MR) is 126 cm³/mol. The van der Waals surface area contributed by atoms with Crippen LogP contribution in [0, 0.1) is 34.5 Å². The highest BCUT2D eigenvalue weighted by Crippen LogP contribution is 2.66. The van der Waals surface area contributed by atoms with Gasteiger partial charge in [0.1, 0.15) is 0 Å². The zero-order valence-corrected chi connectivity index (χ0v) is 20.9. The van der Waals surface area contributed by atoms with E-state index in [-0.39, 0.29) is 40.8 Å². The summed E-state index contributed by atoms with van der Waals surface area (Å²) in [6.45, 7) is 12.5. The van der Waals surface area contributed by atoms with E-state index in [2.05, 4.69) is 19.2 Å². The van der Waals surface area contributed by atoms with Crippen LogP contribution in [0.2, 0.25) is 0 Å². The molecular weight excluding hydrogens is 400 g/mol. The minimum atomic E-state index is -0.257. The Kier molecular flexibility index (Phi) is 6.09. The van der Waals surface area contributed by atoms with Gasteiger partial charge in [0.15, 0.2) is 5.78 Å². The maximum atomic E-state index is 13.8. The van der Waals surface area contributed by atoms with Crippen molar-refractivity contribution < 1.29 is 14.4 Å². The molecule has 3 amide bonds. The van der Waals surface area contributed by atoms with Crippen LogP contribution in [0.15, 0.2) is 11.6 Å². The molecule has 3 fully saturated rings. The molecule has 0 aromatic rings. The van der Waals surface area contributed by atoms with E-state index in [4.69, 9.17) is 0 Å². The van der Waals surface area contributed by atoms with Crippen molar-refractivity contribution >= 4 is 17.7 Å². The zero-order chi connectivity index (χ0) is 23.4. The average molecular weight is 443 g/mol. The highest BCUT2D eigenvalue weighted by molar-refractivity contribution is 5.96. The Morgan fingerprint density at radius 2 is 1.72 bits per heavy atom. The summed E-state index contributed by atoms with van der Waals surface area (Å²) in [5, 5.41) is 2.93. The van der Waals surface area contributed by atoms with E-state index >= 15 is 0 Å². The molecular formula is C27H42N2O3. The summed E-state index contributed by atoms with van der Waals surface area (Å²) in [5.74, 6) is 2.02. The van der Waals surface area contributed by atoms with Crippen LogP contribution in [0.5, 0.6) is 0 Å². The van der Waals surface area contributed by atoms with Crippen molar-refractivity contribution in [3.63, 3.8) is 0 Å². The molecule has 4 aliphatic carbocycles. The Bertz CT molecular complexity index is 831. The Morgan fingerprint density at radius 1 is 1.00 bits per heavy atom. The Hall–Kier alpha value is -1.65. The maximum absolute atomic E-state index is 13.8. The lowest BCUT2D eigenvalue weighted by Gasteiger charge is -2.58. The number of hydrogen-bond acceptors (Lipinski definition) is 3. The first-order valence-electron chi connectivity index (χ1n) is 12.9. The number of carbonyl (C=O) groups excluding carboxylic acids is 3. The number of fused-ring (bicyclic) bond motifs is 5. The Balaban J connectivity index is 1.58. The summed E-state index contributed by atoms with van der Waals surface area (Å²) in [4.78, 5) is 40.2. The Labute approximate surface area is 193 Å². The van der Waals surface area contributed by atoms with Gasteiger partial charge >= 0.3 is 6.03 Å². The van der Waals surface area contributed by atoms with Crippen LogP contribution in [0.3, 0.4) is 0 Å². The van der Waals surface area contributed by atoms with Crippen LogP contribution in [-0.4, -0.2) is 34.7 Å². The molecule has 3 saturated carbocycles. The third kappa shape index (κ3) is 3.64. The molecule has 0 radical (unpaired) electrons. The second-order valence-corrected chi connectivity index (χ2v) is 12.0. The molecule has 5 heteroatoms. The van der Waals surface area contributed by atoms with Crippen molar-refractivity contribution in [2.45, 2.75) is 105 Å². The van der Waals surface area contributed by atoms with Crippen LogP contribution < -0.4 is 5.32 Å². The number of imide groups is 1. The van der Waals surface area contributed by atoms with Gasteiger partial charge in [-0.1, -0.05) is 19.4 Å². The lowest BCUT2D eigenvalue weighted by Crippen LogP contribution is -2.55. The number of amides is 3. The molecule has 0 aromatic carbocycles. The molecule has 0 saturated heterocycles. The predicted octanol–water partition coefficient (Wildman–Crippen LogP) is 5.49. The van der Waals surface area contributed by atoms with Gasteiger partial charge < -0.3 is 5.32 Å². The molecule has 6 atom stereocenters. The number of hydrogen-bond donors (Lipinski definition) is 1. The van der Waals surface area contributed by atoms with Gasteiger partial charge in [-0.25, -0.2) is 4.79 Å². The van der Waals surface area contributed by atoms with E-state index in [0.29, 0.717) is 30.0 Å². The number of rotatable bonds is 3. The first-order chi connectivity index (χ1) is 15.0. The van der Waals surface area contributed by atoms with Crippen LogP contribution in [0.4, 0.5) is 4.79 Å². The van der Waals surface area contributed by atoms with Gasteiger partial charge in [0.2, 0.25) is 5.91 Å². The van der Waals surface area contributed by atoms with Gasteiger partial charge in [-0.3, -0.25) is 14.5 Å². The fourth-order valence-corrected chi connectivity index (χ4v) is 8.04. The molecule has 0 heterocycles. The normalized spacial score (nSPS) is 38.6. The van der Waals surface area contributed by atoms with Gasteiger partial charge in [0.25, 0.3) is 0 Å². The Morgan fingerprint density at radius 3 is 2.38 bits per heavy atom. The first-order valence-corrected chi connectivity index (χ1v) is 12.9. The first kappa shape index (κ1) is 23.5. The van der Waals surface area contributed by atoms with E-state index in [0.717, 1.165) is 44.9 Å². The van der Waals surface area contributed by atoms with Crippen LogP contribution >= 0.6 is 0 Å². The van der Waals surface area contributed by atoms with E-state index in [9.17, 15) is 14.4 Å². The third-order valence-corrected chi connectivity index (χ3v) is 9.64. The van der Waals surface area contributed by atoms with Crippen LogP contribution in [0.25, 0.3) is 0 Å². The standard InChI is InChI=1S/C27H42N2O3/c1-16(2)28-25(32)29(17(3)4)24(31)23-10-9-21-20-8-7-18-15-19(30)11-13-26(18,5)22(20)12-14-27(21,23)6/h15-17,20-23H,7-14H2,1-6H3,(H,28,32)/t20-,21-,22-,23+,26-,27-/m0/s1. The fraction of sp³-hybridized carbons (Fsp3) is 0.815. The number of ketones is 1. The minimum absolute atomic E-state index is 0.00603. The van der Waals surface area contributed by atoms with Crippen molar-refractivity contribution in [2.75, 3.05) is 0 Å². The number of allylic oxidation sites excluding steroid dienone is 1. The smallest absolute Gasteiger partial charge is 0.324 e. The molecule has 0 aliphatic heterocycles. The van der Waals surface area contributed by atoms with Crippen LogP contribution in [-0.2, 0) is 9.59 Å². The zero-order valence-electron chi connectivity index (χ0n) is 20.9. The molecule has 5 nitrogen and oxygen atoms in total. The molecule has 178 valence electrons. The number of carbonyl (C=O) groups is 3. The molecule has 4 rings (SSSR count). The molecule has 32 heavy (non-hydrogen) atoms. The van der Waals surface area contributed by atoms with Crippen molar-refractivity contribution in [2.24, 2.45) is 34.5 Å². The second-order valence-electron chi connectivity index (χ2n) is 12.0. The third-order valence-electron chi connectivity index (χ3n) is 9.64. The molecule has 0 spiro atoms. The highest BCUT2D eigenvalue weighted by Gasteiger charge is 2.60. The average Bonchev–Trinajstić information content (AvgIpc) is 3.05. The topological polar surface area (TPSA) is 66.5 Å². The molecule has 0 aromatic heterocycles. The maximum Gasteiger partial charge on any atom is 0.324 e. The molecule has 0 unspecified atom stereocenters. The summed E-state index contributed by atoms with van der Waals surface area (Å²) in [6, 6.07) is -0.402.